The fraction of sp³-hybridized carbons (Fsp3) is 0.412. The van der Waals surface area contributed by atoms with Gasteiger partial charge in [-0.05, 0) is 51.5 Å². The van der Waals surface area contributed by atoms with Crippen molar-refractivity contribution >= 4 is 34.5 Å². The molecule has 0 radical (unpaired) electrons. The van der Waals surface area contributed by atoms with Crippen molar-refractivity contribution < 1.29 is 14.3 Å². The van der Waals surface area contributed by atoms with E-state index < -0.39 is 11.7 Å². The van der Waals surface area contributed by atoms with E-state index in [4.69, 9.17) is 16.3 Å². The van der Waals surface area contributed by atoms with Gasteiger partial charge in [-0.2, -0.15) is 0 Å². The summed E-state index contributed by atoms with van der Waals surface area (Å²) in [7, 11) is 0. The quantitative estimate of drug-likeness (QED) is 0.851. The number of rotatable bonds is 1. The van der Waals surface area contributed by atoms with Gasteiger partial charge in [0.25, 0.3) is 5.91 Å². The van der Waals surface area contributed by atoms with Gasteiger partial charge in [0.1, 0.15) is 11.3 Å². The number of H-pyrrole nitrogens is 1. The third-order valence-corrected chi connectivity index (χ3v) is 3.92. The summed E-state index contributed by atoms with van der Waals surface area (Å²) in [5.41, 5.74) is 0.639. The number of hydrazine groups is 1. The van der Waals surface area contributed by atoms with Crippen LogP contribution in [-0.4, -0.2) is 45.7 Å². The molecule has 1 aromatic carbocycles. The molecule has 0 atom stereocenters. The summed E-state index contributed by atoms with van der Waals surface area (Å²) in [5, 5.41) is 4.26. The van der Waals surface area contributed by atoms with Crippen LogP contribution in [0.15, 0.2) is 24.3 Å². The molecule has 1 aliphatic heterocycles. The Balaban J connectivity index is 1.83. The Morgan fingerprint density at radius 2 is 1.88 bits per heavy atom. The van der Waals surface area contributed by atoms with Crippen LogP contribution >= 0.6 is 11.6 Å². The number of ether oxygens (including phenoxy) is 1. The molecule has 24 heavy (non-hydrogen) atoms. The standard InChI is InChI=1S/C17H20ClN3O3/c1-17(2,3)24-16(23)21-8-4-7-20(21)15(22)14-10-11-9-12(18)5-6-13(11)19-14/h5-6,9-10,19H,4,7-8H2,1-3H3. The van der Waals surface area contributed by atoms with Gasteiger partial charge in [-0.25, -0.2) is 14.8 Å². The zero-order chi connectivity index (χ0) is 17.5. The van der Waals surface area contributed by atoms with Gasteiger partial charge >= 0.3 is 6.09 Å². The van der Waals surface area contributed by atoms with Crippen LogP contribution in [0, 0.1) is 0 Å². The number of aromatic amines is 1. The molecule has 7 heteroatoms. The van der Waals surface area contributed by atoms with Gasteiger partial charge in [-0.15, -0.1) is 0 Å². The smallest absolute Gasteiger partial charge is 0.429 e. The van der Waals surface area contributed by atoms with Crippen molar-refractivity contribution in [3.05, 3.63) is 35.0 Å². The third kappa shape index (κ3) is 3.33. The summed E-state index contributed by atoms with van der Waals surface area (Å²) < 4.78 is 5.38. The lowest BCUT2D eigenvalue weighted by molar-refractivity contribution is -0.0195. The van der Waals surface area contributed by atoms with Crippen LogP contribution in [0.3, 0.4) is 0 Å². The SMILES string of the molecule is CC(C)(C)OC(=O)N1CCCN1C(=O)c1cc2cc(Cl)ccc2[nH]1. The van der Waals surface area contributed by atoms with E-state index >= 15 is 0 Å². The maximum atomic E-state index is 12.8. The number of halogens is 1. The largest absolute Gasteiger partial charge is 0.442 e. The topological polar surface area (TPSA) is 65.6 Å². The Bertz CT molecular complexity index is 794. The highest BCUT2D eigenvalue weighted by Crippen LogP contribution is 2.23. The molecule has 1 saturated heterocycles. The number of fused-ring (bicyclic) bond motifs is 1. The molecule has 3 rings (SSSR count). The fourth-order valence-corrected chi connectivity index (χ4v) is 2.87. The average Bonchev–Trinajstić information content (AvgIpc) is 3.10. The number of amides is 2. The van der Waals surface area contributed by atoms with Crippen molar-refractivity contribution in [3.63, 3.8) is 0 Å². The van der Waals surface area contributed by atoms with Crippen LogP contribution in [0.25, 0.3) is 10.9 Å². The van der Waals surface area contributed by atoms with Crippen molar-refractivity contribution in [2.75, 3.05) is 13.1 Å². The molecule has 2 aromatic rings. The lowest BCUT2D eigenvalue weighted by Gasteiger charge is -2.30. The van der Waals surface area contributed by atoms with Crippen molar-refractivity contribution in [3.8, 4) is 0 Å². The van der Waals surface area contributed by atoms with Crippen LogP contribution in [-0.2, 0) is 4.74 Å². The zero-order valence-corrected chi connectivity index (χ0v) is 14.7. The minimum Gasteiger partial charge on any atom is -0.442 e. The Morgan fingerprint density at radius 1 is 1.17 bits per heavy atom. The molecule has 1 aliphatic rings. The lowest BCUT2D eigenvalue weighted by Crippen LogP contribution is -2.47. The summed E-state index contributed by atoms with van der Waals surface area (Å²) in [6.45, 7) is 6.35. The van der Waals surface area contributed by atoms with E-state index in [0.717, 1.165) is 17.3 Å². The molecule has 0 bridgehead atoms. The first-order valence-corrected chi connectivity index (χ1v) is 8.23. The van der Waals surface area contributed by atoms with Gasteiger partial charge in [-0.3, -0.25) is 4.79 Å². The lowest BCUT2D eigenvalue weighted by atomic mass is 10.2. The Hall–Kier alpha value is -2.21. The predicted octanol–water partition coefficient (Wildman–Crippen LogP) is 3.82. The molecule has 0 unspecified atom stereocenters. The Kier molecular flexibility index (Phi) is 4.17. The summed E-state index contributed by atoms with van der Waals surface area (Å²) in [6, 6.07) is 7.12. The highest BCUT2D eigenvalue weighted by molar-refractivity contribution is 6.31. The van der Waals surface area contributed by atoms with Gasteiger partial charge < -0.3 is 9.72 Å². The first-order chi connectivity index (χ1) is 11.2. The van der Waals surface area contributed by atoms with Gasteiger partial charge in [-0.1, -0.05) is 11.6 Å². The molecule has 0 spiro atoms. The van der Waals surface area contributed by atoms with Crippen LogP contribution in [0.1, 0.15) is 37.7 Å². The number of carbonyl (C=O) groups is 2. The second kappa shape index (κ2) is 6.02. The summed E-state index contributed by atoms with van der Waals surface area (Å²) >= 11 is 5.98. The Morgan fingerprint density at radius 3 is 2.58 bits per heavy atom. The predicted molar refractivity (Wildman–Crippen MR) is 91.9 cm³/mol. The number of hydrogen-bond acceptors (Lipinski definition) is 3. The molecular weight excluding hydrogens is 330 g/mol. The summed E-state index contributed by atoms with van der Waals surface area (Å²) in [4.78, 5) is 28.2. The molecule has 0 aliphatic carbocycles. The monoisotopic (exact) mass is 349 g/mol. The van der Waals surface area contributed by atoms with Crippen molar-refractivity contribution in [2.45, 2.75) is 32.8 Å². The number of carbonyl (C=O) groups excluding carboxylic acids is 2. The number of nitrogens with one attached hydrogen (secondary N) is 1. The number of aromatic nitrogens is 1. The maximum absolute atomic E-state index is 12.8. The van der Waals surface area contributed by atoms with E-state index in [1.54, 1.807) is 39.0 Å². The van der Waals surface area contributed by atoms with Gasteiger partial charge in [0, 0.05) is 29.0 Å². The van der Waals surface area contributed by atoms with E-state index in [0.29, 0.717) is 23.8 Å². The van der Waals surface area contributed by atoms with Gasteiger partial charge in [0.2, 0.25) is 0 Å². The normalized spacial score (nSPS) is 15.2. The molecule has 1 N–H and O–H groups in total. The van der Waals surface area contributed by atoms with E-state index in [1.165, 1.54) is 10.0 Å². The molecule has 2 amide bonds. The summed E-state index contributed by atoms with van der Waals surface area (Å²) in [6.07, 6.45) is 0.212. The third-order valence-electron chi connectivity index (χ3n) is 3.68. The molecule has 1 aromatic heterocycles. The van der Waals surface area contributed by atoms with Gasteiger partial charge in [0.15, 0.2) is 0 Å². The van der Waals surface area contributed by atoms with Crippen molar-refractivity contribution in [1.82, 2.24) is 15.0 Å². The second-order valence-corrected chi connectivity index (χ2v) is 7.24. The first-order valence-electron chi connectivity index (χ1n) is 7.85. The number of benzene rings is 1. The van der Waals surface area contributed by atoms with Crippen LogP contribution in [0.4, 0.5) is 4.79 Å². The number of hydrogen-bond donors (Lipinski definition) is 1. The van der Waals surface area contributed by atoms with E-state index in [-0.39, 0.29) is 5.91 Å². The minimum absolute atomic E-state index is 0.259. The molecule has 6 nitrogen and oxygen atoms in total. The maximum Gasteiger partial charge on any atom is 0.429 e. The Labute approximate surface area is 145 Å². The van der Waals surface area contributed by atoms with Crippen LogP contribution < -0.4 is 0 Å². The number of nitrogens with zero attached hydrogens (tertiary/aromatic N) is 2. The first kappa shape index (κ1) is 16.6. The molecule has 1 fully saturated rings. The van der Waals surface area contributed by atoms with Gasteiger partial charge in [0.05, 0.1) is 0 Å². The molecule has 128 valence electrons. The van der Waals surface area contributed by atoms with Crippen LogP contribution in [0.2, 0.25) is 5.02 Å². The van der Waals surface area contributed by atoms with Crippen molar-refractivity contribution in [1.29, 1.82) is 0 Å². The molecule has 0 saturated carbocycles. The molecular formula is C17H20ClN3O3. The second-order valence-electron chi connectivity index (χ2n) is 6.80. The van der Waals surface area contributed by atoms with E-state index in [9.17, 15) is 9.59 Å². The fourth-order valence-electron chi connectivity index (χ4n) is 2.69. The van der Waals surface area contributed by atoms with E-state index in [2.05, 4.69) is 4.98 Å². The summed E-state index contributed by atoms with van der Waals surface area (Å²) in [5.74, 6) is -0.259. The minimum atomic E-state index is -0.605. The highest BCUT2D eigenvalue weighted by atomic mass is 35.5. The highest BCUT2D eigenvalue weighted by Gasteiger charge is 2.34. The van der Waals surface area contributed by atoms with E-state index in [1.807, 2.05) is 6.07 Å². The molecule has 2 heterocycles. The zero-order valence-electron chi connectivity index (χ0n) is 13.9. The average molecular weight is 350 g/mol. The van der Waals surface area contributed by atoms with Crippen LogP contribution in [0.5, 0.6) is 0 Å². The van der Waals surface area contributed by atoms with Crippen molar-refractivity contribution in [2.24, 2.45) is 0 Å².